The van der Waals surface area contributed by atoms with E-state index in [0.717, 1.165) is 49.0 Å². The number of aliphatic carboxylic acids is 1. The van der Waals surface area contributed by atoms with Gasteiger partial charge in [0.25, 0.3) is 0 Å². The fourth-order valence-corrected chi connectivity index (χ4v) is 3.94. The second kappa shape index (κ2) is 8.03. The summed E-state index contributed by atoms with van der Waals surface area (Å²) in [4.78, 5) is 21.8. The van der Waals surface area contributed by atoms with Gasteiger partial charge in [-0.05, 0) is 17.9 Å². The smallest absolute Gasteiger partial charge is 0.325 e. The number of nitrogens with zero attached hydrogens (tertiary/aromatic N) is 4. The summed E-state index contributed by atoms with van der Waals surface area (Å²) in [6.45, 7) is 3.97. The van der Waals surface area contributed by atoms with Gasteiger partial charge in [-0.15, -0.1) is 11.8 Å². The quantitative estimate of drug-likeness (QED) is 0.796. The van der Waals surface area contributed by atoms with Crippen molar-refractivity contribution in [1.29, 1.82) is 0 Å². The molecule has 1 N–H and O–H groups in total. The number of carbonyl (C=O) groups is 1. The molecule has 0 bridgehead atoms. The molecule has 0 saturated carbocycles. The van der Waals surface area contributed by atoms with Gasteiger partial charge in [-0.3, -0.25) is 14.6 Å². The van der Waals surface area contributed by atoms with E-state index in [-0.39, 0.29) is 0 Å². The topological polar surface area (TPSA) is 61.6 Å². The van der Waals surface area contributed by atoms with Gasteiger partial charge in [0.2, 0.25) is 0 Å². The third-order valence-corrected chi connectivity index (χ3v) is 5.54. The molecule has 0 spiro atoms. The van der Waals surface area contributed by atoms with Gasteiger partial charge in [0, 0.05) is 50.5 Å². The van der Waals surface area contributed by atoms with E-state index in [1.165, 1.54) is 0 Å². The first-order chi connectivity index (χ1) is 12.1. The van der Waals surface area contributed by atoms with E-state index >= 15 is 0 Å². The van der Waals surface area contributed by atoms with Gasteiger partial charge in [-0.1, -0.05) is 18.2 Å². The first-order valence-electron chi connectivity index (χ1n) is 8.38. The molecule has 2 aromatic rings. The van der Waals surface area contributed by atoms with Crippen molar-refractivity contribution in [2.75, 3.05) is 32.4 Å². The van der Waals surface area contributed by atoms with Crippen LogP contribution in [0.25, 0.3) is 0 Å². The van der Waals surface area contributed by atoms with Crippen LogP contribution in [0.4, 0.5) is 0 Å². The minimum absolute atomic E-state index is 0.584. The van der Waals surface area contributed by atoms with E-state index in [9.17, 15) is 9.90 Å². The van der Waals surface area contributed by atoms with Crippen molar-refractivity contribution in [3.8, 4) is 0 Å². The van der Waals surface area contributed by atoms with Crippen molar-refractivity contribution in [1.82, 2.24) is 19.4 Å². The summed E-state index contributed by atoms with van der Waals surface area (Å²) in [5.41, 5.74) is 0.889. The molecule has 1 atom stereocenters. The molecule has 0 aliphatic carbocycles. The van der Waals surface area contributed by atoms with Gasteiger partial charge in [0.05, 0.1) is 6.54 Å². The molecule has 3 rings (SSSR count). The molecule has 1 aromatic carbocycles. The Labute approximate surface area is 152 Å². The Balaban J connectivity index is 1.69. The predicted octanol–water partition coefficient (Wildman–Crippen LogP) is 2.09. The summed E-state index contributed by atoms with van der Waals surface area (Å²) in [6, 6.07) is 7.22. The molecular weight excluding hydrogens is 336 g/mol. The van der Waals surface area contributed by atoms with Gasteiger partial charge >= 0.3 is 5.97 Å². The standard InChI is InChI=1S/C18H24N4O2S/c1-20-8-7-19-16(20)13-21-9-11-22(12-10-21)17(18(23)24)14-5-3-4-6-15(14)25-2/h3-8,17H,9-13H2,1-2H3,(H,23,24). The van der Waals surface area contributed by atoms with Crippen molar-refractivity contribution in [3.63, 3.8) is 0 Å². The van der Waals surface area contributed by atoms with E-state index in [0.29, 0.717) is 0 Å². The van der Waals surface area contributed by atoms with Gasteiger partial charge in [0.1, 0.15) is 11.9 Å². The molecule has 1 aliphatic heterocycles. The Kier molecular flexibility index (Phi) is 5.78. The summed E-state index contributed by atoms with van der Waals surface area (Å²) >= 11 is 1.60. The number of benzene rings is 1. The number of piperazine rings is 1. The highest BCUT2D eigenvalue weighted by Gasteiger charge is 2.31. The zero-order valence-corrected chi connectivity index (χ0v) is 15.4. The summed E-state index contributed by atoms with van der Waals surface area (Å²) in [5.74, 6) is 0.259. The zero-order chi connectivity index (χ0) is 17.8. The summed E-state index contributed by atoms with van der Waals surface area (Å²) in [5, 5.41) is 9.83. The average Bonchev–Trinajstić information content (AvgIpc) is 3.01. The SMILES string of the molecule is CSc1ccccc1C(C(=O)O)N1CCN(Cc2nccn2C)CC1. The lowest BCUT2D eigenvalue weighted by molar-refractivity contribution is -0.144. The Hall–Kier alpha value is -1.83. The van der Waals surface area contributed by atoms with Crippen LogP contribution in [-0.4, -0.2) is 62.9 Å². The van der Waals surface area contributed by atoms with E-state index in [4.69, 9.17) is 0 Å². The fraction of sp³-hybridized carbons (Fsp3) is 0.444. The Morgan fingerprint density at radius 2 is 2.00 bits per heavy atom. The highest BCUT2D eigenvalue weighted by molar-refractivity contribution is 7.98. The first kappa shape index (κ1) is 18.0. The minimum Gasteiger partial charge on any atom is -0.480 e. The predicted molar refractivity (Wildman–Crippen MR) is 98.7 cm³/mol. The van der Waals surface area contributed by atoms with Gasteiger partial charge in [-0.2, -0.15) is 0 Å². The van der Waals surface area contributed by atoms with Crippen LogP contribution in [0.15, 0.2) is 41.6 Å². The number of thioether (sulfide) groups is 1. The van der Waals surface area contributed by atoms with Crippen molar-refractivity contribution in [2.24, 2.45) is 7.05 Å². The van der Waals surface area contributed by atoms with Crippen LogP contribution >= 0.6 is 11.8 Å². The van der Waals surface area contributed by atoms with Crippen LogP contribution in [-0.2, 0) is 18.4 Å². The Bertz CT molecular complexity index is 725. The summed E-state index contributed by atoms with van der Waals surface area (Å²) in [7, 11) is 2.00. The van der Waals surface area contributed by atoms with E-state index in [1.54, 1.807) is 11.8 Å². The van der Waals surface area contributed by atoms with Crippen molar-refractivity contribution >= 4 is 17.7 Å². The van der Waals surface area contributed by atoms with Crippen molar-refractivity contribution in [2.45, 2.75) is 17.5 Å². The second-order valence-corrected chi connectivity index (χ2v) is 7.10. The lowest BCUT2D eigenvalue weighted by Gasteiger charge is -2.38. The summed E-state index contributed by atoms with van der Waals surface area (Å²) < 4.78 is 2.03. The molecule has 1 unspecified atom stereocenters. The third kappa shape index (κ3) is 4.05. The molecule has 7 heteroatoms. The van der Waals surface area contributed by atoms with Gasteiger partial charge < -0.3 is 9.67 Å². The Morgan fingerprint density at radius 3 is 2.60 bits per heavy atom. The molecule has 1 fully saturated rings. The van der Waals surface area contributed by atoms with Crippen molar-refractivity contribution < 1.29 is 9.90 Å². The zero-order valence-electron chi connectivity index (χ0n) is 14.6. The van der Waals surface area contributed by atoms with E-state index in [1.807, 2.05) is 54.5 Å². The minimum atomic E-state index is -0.779. The molecule has 1 saturated heterocycles. The molecule has 6 nitrogen and oxygen atoms in total. The molecule has 2 heterocycles. The lowest BCUT2D eigenvalue weighted by Crippen LogP contribution is -2.49. The number of rotatable bonds is 6. The number of aryl methyl sites for hydroxylation is 1. The van der Waals surface area contributed by atoms with Gasteiger partial charge in [0.15, 0.2) is 0 Å². The number of carboxylic acid groups (broad SMARTS) is 1. The molecule has 1 aromatic heterocycles. The molecule has 25 heavy (non-hydrogen) atoms. The van der Waals surface area contributed by atoms with Crippen LogP contribution in [0.5, 0.6) is 0 Å². The molecule has 0 radical (unpaired) electrons. The lowest BCUT2D eigenvalue weighted by atomic mass is 10.0. The van der Waals surface area contributed by atoms with Crippen molar-refractivity contribution in [3.05, 3.63) is 48.0 Å². The third-order valence-electron chi connectivity index (χ3n) is 4.73. The normalized spacial score (nSPS) is 17.5. The molecule has 0 amide bonds. The number of hydrogen-bond acceptors (Lipinski definition) is 5. The first-order valence-corrected chi connectivity index (χ1v) is 9.61. The Morgan fingerprint density at radius 1 is 1.28 bits per heavy atom. The monoisotopic (exact) mass is 360 g/mol. The molecule has 134 valence electrons. The number of imidazole rings is 1. The number of aromatic nitrogens is 2. The second-order valence-electron chi connectivity index (χ2n) is 6.25. The maximum absolute atomic E-state index is 12.0. The van der Waals surface area contributed by atoms with E-state index < -0.39 is 12.0 Å². The van der Waals surface area contributed by atoms with E-state index in [2.05, 4.69) is 14.8 Å². The van der Waals surface area contributed by atoms with Crippen LogP contribution in [0, 0.1) is 0 Å². The summed E-state index contributed by atoms with van der Waals surface area (Å²) in [6.07, 6.45) is 5.75. The highest BCUT2D eigenvalue weighted by atomic mass is 32.2. The molecule has 1 aliphatic rings. The van der Waals surface area contributed by atoms with Crippen LogP contribution in [0.3, 0.4) is 0 Å². The molecular formula is C18H24N4O2S. The fourth-order valence-electron chi connectivity index (χ4n) is 3.31. The van der Waals surface area contributed by atoms with Gasteiger partial charge in [-0.25, -0.2) is 4.98 Å². The number of hydrogen-bond donors (Lipinski definition) is 1. The average molecular weight is 360 g/mol. The number of carboxylic acids is 1. The van der Waals surface area contributed by atoms with Crippen LogP contribution < -0.4 is 0 Å². The highest BCUT2D eigenvalue weighted by Crippen LogP contribution is 2.30. The maximum Gasteiger partial charge on any atom is 0.325 e. The van der Waals surface area contributed by atoms with Crippen LogP contribution in [0.1, 0.15) is 17.4 Å². The largest absolute Gasteiger partial charge is 0.480 e. The maximum atomic E-state index is 12.0. The van der Waals surface area contributed by atoms with Crippen LogP contribution in [0.2, 0.25) is 0 Å².